The Balaban J connectivity index is 1.48. The summed E-state index contributed by atoms with van der Waals surface area (Å²) < 4.78 is 7.43. The zero-order valence-corrected chi connectivity index (χ0v) is 19.0. The molecule has 9 heteroatoms. The monoisotopic (exact) mass is 458 g/mol. The van der Waals surface area contributed by atoms with Gasteiger partial charge in [-0.05, 0) is 81.1 Å². The van der Waals surface area contributed by atoms with Gasteiger partial charge in [0.1, 0.15) is 5.75 Å². The van der Waals surface area contributed by atoms with Crippen LogP contribution in [0.25, 0.3) is 5.69 Å². The lowest BCUT2D eigenvalue weighted by Crippen LogP contribution is -2.27. The summed E-state index contributed by atoms with van der Waals surface area (Å²) >= 11 is 0. The van der Waals surface area contributed by atoms with E-state index in [1.54, 1.807) is 53.2 Å². The van der Waals surface area contributed by atoms with Crippen LogP contribution in [0.4, 0.5) is 0 Å². The van der Waals surface area contributed by atoms with Crippen LogP contribution in [-0.4, -0.2) is 46.0 Å². The molecule has 1 saturated carbocycles. The van der Waals surface area contributed by atoms with Crippen LogP contribution in [0.15, 0.2) is 48.5 Å². The maximum atomic E-state index is 12.8. The van der Waals surface area contributed by atoms with Crippen molar-refractivity contribution in [3.8, 4) is 17.5 Å². The van der Waals surface area contributed by atoms with Gasteiger partial charge in [-0.3, -0.25) is 9.59 Å². The van der Waals surface area contributed by atoms with E-state index in [0.29, 0.717) is 59.9 Å². The Morgan fingerprint density at radius 2 is 1.85 bits per heavy atom. The highest BCUT2D eigenvalue weighted by Crippen LogP contribution is 2.21. The normalized spacial score (nSPS) is 12.6. The average molecular weight is 459 g/mol. The van der Waals surface area contributed by atoms with Gasteiger partial charge in [0.25, 0.3) is 11.8 Å². The number of rotatable bonds is 10. The predicted molar refractivity (Wildman–Crippen MR) is 125 cm³/mol. The number of hydrogen-bond acceptors (Lipinski definition) is 6. The van der Waals surface area contributed by atoms with E-state index < -0.39 is 0 Å². The van der Waals surface area contributed by atoms with Gasteiger partial charge < -0.3 is 15.4 Å². The number of carbonyl (C=O) groups is 2. The van der Waals surface area contributed by atoms with Gasteiger partial charge in [0.15, 0.2) is 5.69 Å². The van der Waals surface area contributed by atoms with Crippen molar-refractivity contribution in [2.24, 2.45) is 0 Å². The molecule has 1 aliphatic rings. The lowest BCUT2D eigenvalue weighted by atomic mass is 10.1. The molecule has 2 amide bonds. The predicted octanol–water partition coefficient (Wildman–Crippen LogP) is 2.79. The molecule has 1 heterocycles. The zero-order chi connectivity index (χ0) is 23.9. The van der Waals surface area contributed by atoms with E-state index in [1.807, 2.05) is 6.92 Å². The van der Waals surface area contributed by atoms with E-state index in [2.05, 4.69) is 27.0 Å². The van der Waals surface area contributed by atoms with Gasteiger partial charge in [-0.2, -0.15) is 5.26 Å². The fourth-order valence-corrected chi connectivity index (χ4v) is 3.46. The molecule has 0 aliphatic heterocycles. The summed E-state index contributed by atoms with van der Waals surface area (Å²) in [5.74, 6) is 0.311. The second-order valence-corrected chi connectivity index (χ2v) is 8.04. The van der Waals surface area contributed by atoms with Gasteiger partial charge in [-0.25, -0.2) is 4.68 Å². The smallest absolute Gasteiger partial charge is 0.273 e. The maximum Gasteiger partial charge on any atom is 0.273 e. The van der Waals surface area contributed by atoms with Crippen molar-refractivity contribution in [3.05, 3.63) is 71.0 Å². The van der Waals surface area contributed by atoms with Crippen LogP contribution in [0.1, 0.15) is 58.3 Å². The number of carbonyl (C=O) groups excluding carboxylic acids is 2. The van der Waals surface area contributed by atoms with Crippen molar-refractivity contribution in [2.75, 3.05) is 13.2 Å². The molecule has 4 rings (SSSR count). The number of hydrogen-bond donors (Lipinski definition) is 2. The summed E-state index contributed by atoms with van der Waals surface area (Å²) in [6.07, 6.45) is 3.12. The molecule has 3 aromatic rings. The van der Waals surface area contributed by atoms with Gasteiger partial charge in [0.05, 0.1) is 29.6 Å². The molecule has 34 heavy (non-hydrogen) atoms. The molecule has 1 aromatic heterocycles. The first-order valence-electron chi connectivity index (χ1n) is 11.4. The minimum atomic E-state index is -0.226. The summed E-state index contributed by atoms with van der Waals surface area (Å²) in [6, 6.07) is 16.3. The highest BCUT2D eigenvalue weighted by molar-refractivity contribution is 5.94. The molecule has 0 bridgehead atoms. The Morgan fingerprint density at radius 3 is 2.50 bits per heavy atom. The summed E-state index contributed by atoms with van der Waals surface area (Å²) in [6.45, 7) is 2.85. The molecule has 0 radical (unpaired) electrons. The first kappa shape index (κ1) is 23.0. The third-order valence-electron chi connectivity index (χ3n) is 5.41. The summed E-state index contributed by atoms with van der Waals surface area (Å²) in [5.41, 5.74) is 2.83. The molecule has 9 nitrogen and oxygen atoms in total. The van der Waals surface area contributed by atoms with Crippen LogP contribution in [0.2, 0.25) is 0 Å². The Labute approximate surface area is 197 Å². The molecule has 0 spiro atoms. The molecular weight excluding hydrogens is 432 g/mol. The van der Waals surface area contributed by atoms with E-state index in [4.69, 9.17) is 10.00 Å². The van der Waals surface area contributed by atoms with E-state index >= 15 is 0 Å². The highest BCUT2D eigenvalue weighted by Gasteiger charge is 2.27. The first-order valence-corrected chi connectivity index (χ1v) is 11.4. The molecule has 0 atom stereocenters. The number of benzene rings is 2. The minimum Gasteiger partial charge on any atom is -0.494 e. The van der Waals surface area contributed by atoms with E-state index in [-0.39, 0.29) is 17.9 Å². The molecule has 2 N–H and O–H groups in total. The first-order chi connectivity index (χ1) is 16.6. The topological polar surface area (TPSA) is 122 Å². The molecule has 0 saturated heterocycles. The third-order valence-corrected chi connectivity index (χ3v) is 5.41. The molecule has 1 fully saturated rings. The number of nitrogens with zero attached hydrogens (tertiary/aromatic N) is 4. The molecule has 1 aliphatic carbocycles. The summed E-state index contributed by atoms with van der Waals surface area (Å²) in [7, 11) is 0. The van der Waals surface area contributed by atoms with Gasteiger partial charge >= 0.3 is 0 Å². The van der Waals surface area contributed by atoms with Crippen molar-refractivity contribution in [2.45, 2.75) is 38.6 Å². The van der Waals surface area contributed by atoms with Crippen LogP contribution < -0.4 is 15.4 Å². The quantitative estimate of drug-likeness (QED) is 0.451. The maximum absolute atomic E-state index is 12.8. The lowest BCUT2D eigenvalue weighted by molar-refractivity contribution is 0.0940. The van der Waals surface area contributed by atoms with Crippen LogP contribution in [0.5, 0.6) is 5.75 Å². The summed E-state index contributed by atoms with van der Waals surface area (Å²) in [5, 5.41) is 23.1. The van der Waals surface area contributed by atoms with Crippen LogP contribution in [0, 0.1) is 11.3 Å². The van der Waals surface area contributed by atoms with E-state index in [1.165, 1.54) is 0 Å². The number of nitrogens with one attached hydrogen (secondary N) is 2. The van der Waals surface area contributed by atoms with E-state index in [9.17, 15) is 9.59 Å². The molecule has 2 aromatic carbocycles. The molecule has 0 unspecified atom stereocenters. The second-order valence-electron chi connectivity index (χ2n) is 8.04. The largest absolute Gasteiger partial charge is 0.494 e. The van der Waals surface area contributed by atoms with Crippen molar-refractivity contribution in [1.82, 2.24) is 25.6 Å². The lowest BCUT2D eigenvalue weighted by Gasteiger charge is -2.10. The zero-order valence-electron chi connectivity index (χ0n) is 19.0. The van der Waals surface area contributed by atoms with Crippen molar-refractivity contribution in [3.63, 3.8) is 0 Å². The number of aromatic nitrogens is 3. The Morgan fingerprint density at radius 1 is 1.12 bits per heavy atom. The minimum absolute atomic E-state index is 0.141. The Bertz CT molecular complexity index is 1190. The second kappa shape index (κ2) is 10.6. The molecular formula is C25H26N6O3. The van der Waals surface area contributed by atoms with Gasteiger partial charge in [0, 0.05) is 18.2 Å². The summed E-state index contributed by atoms with van der Waals surface area (Å²) in [4.78, 5) is 24.8. The molecule has 174 valence electrons. The number of nitriles is 1. The van der Waals surface area contributed by atoms with Gasteiger partial charge in [-0.15, -0.1) is 5.10 Å². The third kappa shape index (κ3) is 5.59. The van der Waals surface area contributed by atoms with Crippen LogP contribution in [-0.2, 0) is 6.42 Å². The van der Waals surface area contributed by atoms with Gasteiger partial charge in [-0.1, -0.05) is 5.21 Å². The van der Waals surface area contributed by atoms with Crippen molar-refractivity contribution >= 4 is 11.8 Å². The fraction of sp³-hybridized carbons (Fsp3) is 0.320. The van der Waals surface area contributed by atoms with Crippen molar-refractivity contribution in [1.29, 1.82) is 5.26 Å². The van der Waals surface area contributed by atoms with Crippen molar-refractivity contribution < 1.29 is 14.3 Å². The SMILES string of the molecule is CCNC(=O)c1ccc(-n2nnc(C(=O)NC3CC3)c2CCCOc2ccc(C#N)cc2)cc1. The average Bonchev–Trinajstić information content (AvgIpc) is 3.58. The number of ether oxygens (including phenoxy) is 1. The highest BCUT2D eigenvalue weighted by atomic mass is 16.5. The van der Waals surface area contributed by atoms with Gasteiger partial charge in [0.2, 0.25) is 0 Å². The van der Waals surface area contributed by atoms with Crippen LogP contribution in [0.3, 0.4) is 0 Å². The van der Waals surface area contributed by atoms with Crippen LogP contribution >= 0.6 is 0 Å². The Hall–Kier alpha value is -4.19. The van der Waals surface area contributed by atoms with E-state index in [0.717, 1.165) is 12.8 Å². The fourth-order valence-electron chi connectivity index (χ4n) is 3.46. The standard InChI is InChI=1S/C25H26N6O3/c1-2-27-24(32)18-7-11-20(12-8-18)31-22(23(29-30-31)25(33)28-19-9-10-19)4-3-15-34-21-13-5-17(16-26)6-14-21/h5-8,11-14,19H,2-4,9-10,15H2,1H3,(H,27,32)(H,28,33). The Kier molecular flexibility index (Phi) is 7.18. The number of amides is 2.